The summed E-state index contributed by atoms with van der Waals surface area (Å²) in [6.45, 7) is 6.68. The number of hydrogen-bond donors (Lipinski definition) is 5. The molecule has 7 N–H and O–H groups in total. The van der Waals surface area contributed by atoms with Gasteiger partial charge in [-0.2, -0.15) is 15.0 Å². The first kappa shape index (κ1) is 39.3. The first-order valence-corrected chi connectivity index (χ1v) is 21.4. The Kier molecular flexibility index (Phi) is 10.3. The number of nitrogens with two attached hydrogens (primary N) is 2. The highest BCUT2D eigenvalue weighted by Gasteiger charge is 2.63. The molecule has 2 unspecified atom stereocenters. The second-order valence-electron chi connectivity index (χ2n) is 14.4. The monoisotopic (exact) mass is 829 g/mol. The number of alkyl halides is 2. The van der Waals surface area contributed by atoms with Gasteiger partial charge in [-0.25, -0.2) is 37.6 Å². The Morgan fingerprint density at radius 3 is 2.23 bits per heavy atom. The van der Waals surface area contributed by atoms with Gasteiger partial charge in [0.25, 0.3) is 5.95 Å². The number of aryl methyl sites for hydroxylation is 1. The van der Waals surface area contributed by atoms with Gasteiger partial charge >= 0.3 is 21.1 Å². The summed E-state index contributed by atoms with van der Waals surface area (Å²) in [5.41, 5.74) is 9.47. The number of halogens is 2. The number of hydrogen-bond acceptors (Lipinski definition) is 16. The first-order valence-electron chi connectivity index (χ1n) is 18.3. The topological polar surface area (TPSA) is 264 Å². The highest BCUT2D eigenvalue weighted by Crippen LogP contribution is 2.58. The summed E-state index contributed by atoms with van der Waals surface area (Å²) < 4.78 is 103. The third kappa shape index (κ3) is 7.05. The molecule has 0 aliphatic carbocycles. The summed E-state index contributed by atoms with van der Waals surface area (Å²) in [4.78, 5) is 24.0. The third-order valence-corrected chi connectivity index (χ3v) is 13.5. The normalized spacial score (nSPS) is 35.6. The molecule has 0 bridgehead atoms. The van der Waals surface area contributed by atoms with Gasteiger partial charge in [-0.1, -0.05) is 17.8 Å². The van der Waals surface area contributed by atoms with Gasteiger partial charge in [-0.3, -0.25) is 27.6 Å². The van der Waals surface area contributed by atoms with E-state index in [-0.39, 0.29) is 55.2 Å². The molecule has 0 saturated carbocycles. The van der Waals surface area contributed by atoms with Crippen LogP contribution in [-0.2, 0) is 36.7 Å². The molecule has 0 radical (unpaired) electrons. The van der Waals surface area contributed by atoms with Crippen molar-refractivity contribution in [1.82, 2.24) is 44.6 Å². The summed E-state index contributed by atoms with van der Waals surface area (Å²) in [5, 5.41) is 5.64. The molecular weight excluding hydrogens is 784 g/mol. The largest absolute Gasteiger partial charge is 0.476 e. The maximum absolute atomic E-state index is 16.5. The van der Waals surface area contributed by atoms with E-state index in [1.165, 1.54) is 35.6 Å². The number of nitrogen functional groups attached to an aromatic ring is 2. The number of anilines is 2. The minimum Gasteiger partial charge on any atom is -0.476 e. The van der Waals surface area contributed by atoms with Gasteiger partial charge < -0.3 is 25.7 Å². The van der Waals surface area contributed by atoms with Gasteiger partial charge in [0.1, 0.15) is 24.4 Å². The molecule has 0 amide bonds. The highest BCUT2D eigenvalue weighted by molar-refractivity contribution is 7.52. The lowest BCUT2D eigenvalue weighted by molar-refractivity contribution is -0.749. The van der Waals surface area contributed by atoms with Crippen LogP contribution in [0.25, 0.3) is 22.3 Å². The van der Waals surface area contributed by atoms with Gasteiger partial charge in [0.15, 0.2) is 40.6 Å². The number of imidazole rings is 2. The number of aromatic nitrogens is 8. The number of aromatic amines is 1. The van der Waals surface area contributed by atoms with E-state index in [2.05, 4.69) is 40.1 Å². The minimum atomic E-state index is -3.88. The fourth-order valence-corrected chi connectivity index (χ4v) is 10.8. The second-order valence-corrected chi connectivity index (χ2v) is 18.0. The van der Waals surface area contributed by atoms with Gasteiger partial charge in [-0.05, 0) is 40.5 Å². The number of nitrogens with one attached hydrogen (secondary N) is 3. The molecular formula is C31H45F2N12O9P2+. The fourth-order valence-electron chi connectivity index (χ4n) is 7.55. The number of unbranched alkanes of at least 4 members (excludes halogenated alkanes) is 3. The lowest BCUT2D eigenvalue weighted by atomic mass is 9.98. The van der Waals surface area contributed by atoms with Crippen LogP contribution in [0.1, 0.15) is 64.6 Å². The molecule has 4 aromatic rings. The molecule has 4 aromatic heterocycles. The molecule has 306 valence electrons. The van der Waals surface area contributed by atoms with E-state index in [1.807, 2.05) is 0 Å². The Labute approximate surface area is 319 Å². The Hall–Kier alpha value is -3.50. The van der Waals surface area contributed by atoms with Crippen molar-refractivity contribution in [1.29, 1.82) is 0 Å². The lowest BCUT2D eigenvalue weighted by Crippen LogP contribution is -2.52. The van der Waals surface area contributed by atoms with E-state index in [1.54, 1.807) is 13.8 Å². The lowest BCUT2D eigenvalue weighted by Gasteiger charge is -2.34. The number of ether oxygens (including phenoxy) is 3. The van der Waals surface area contributed by atoms with E-state index in [0.29, 0.717) is 49.1 Å². The van der Waals surface area contributed by atoms with Gasteiger partial charge in [0.05, 0.1) is 31.8 Å². The average molecular weight is 830 g/mol. The number of H-pyrrole nitrogens is 1. The Morgan fingerprint density at radius 1 is 0.946 bits per heavy atom. The van der Waals surface area contributed by atoms with Gasteiger partial charge in [-0.15, -0.1) is 0 Å². The van der Waals surface area contributed by atoms with Crippen LogP contribution in [0.5, 0.6) is 5.88 Å². The van der Waals surface area contributed by atoms with Crippen molar-refractivity contribution in [2.75, 3.05) is 44.4 Å². The predicted molar refractivity (Wildman–Crippen MR) is 192 cm³/mol. The van der Waals surface area contributed by atoms with Crippen molar-refractivity contribution in [2.24, 2.45) is 0 Å². The molecule has 0 spiro atoms. The van der Waals surface area contributed by atoms with Crippen LogP contribution < -0.4 is 30.9 Å². The van der Waals surface area contributed by atoms with Crippen molar-refractivity contribution >= 4 is 49.7 Å². The summed E-state index contributed by atoms with van der Waals surface area (Å²) in [5.74, 6) is 0.116. The summed E-state index contributed by atoms with van der Waals surface area (Å²) in [6.07, 6.45) is -1.05. The second kappa shape index (κ2) is 14.7. The highest BCUT2D eigenvalue weighted by atomic mass is 31.2. The Balaban J connectivity index is 0.788. The maximum Gasteiger partial charge on any atom is 0.406 e. The molecule has 4 aliphatic rings. The number of fused-ring (bicyclic) bond motifs is 4. The summed E-state index contributed by atoms with van der Waals surface area (Å²) in [6, 6.07) is 0. The Bertz CT molecular complexity index is 2210. The van der Waals surface area contributed by atoms with Crippen molar-refractivity contribution in [2.45, 2.75) is 102 Å². The van der Waals surface area contributed by atoms with Crippen LogP contribution >= 0.6 is 15.5 Å². The van der Waals surface area contributed by atoms with Crippen LogP contribution in [0.15, 0.2) is 12.7 Å². The van der Waals surface area contributed by atoms with E-state index in [0.717, 1.165) is 0 Å². The van der Waals surface area contributed by atoms with Crippen LogP contribution in [-0.4, -0.2) is 103 Å². The average Bonchev–Trinajstić information content (AvgIpc) is 3.87. The molecule has 56 heavy (non-hydrogen) atoms. The first-order chi connectivity index (χ1) is 26.6. The zero-order chi connectivity index (χ0) is 39.6. The van der Waals surface area contributed by atoms with Crippen molar-refractivity contribution in [3.63, 3.8) is 0 Å². The van der Waals surface area contributed by atoms with E-state index in [4.69, 9.17) is 43.8 Å². The Morgan fingerprint density at radius 2 is 1.57 bits per heavy atom. The van der Waals surface area contributed by atoms with Crippen molar-refractivity contribution in [3.8, 4) is 5.88 Å². The fraction of sp³-hybridized carbons (Fsp3) is 0.677. The zero-order valence-electron chi connectivity index (χ0n) is 31.1. The van der Waals surface area contributed by atoms with E-state index < -0.39 is 63.7 Å². The van der Waals surface area contributed by atoms with Crippen LogP contribution in [0, 0.1) is 6.92 Å². The molecule has 25 heteroatoms. The maximum atomic E-state index is 16.5. The van der Waals surface area contributed by atoms with Crippen LogP contribution in [0.2, 0.25) is 0 Å². The van der Waals surface area contributed by atoms with Gasteiger partial charge in [0, 0.05) is 13.1 Å². The third-order valence-electron chi connectivity index (χ3n) is 10.3. The predicted octanol–water partition coefficient (Wildman–Crippen LogP) is 2.99. The molecule has 0 aromatic carbocycles. The van der Waals surface area contributed by atoms with E-state index >= 15 is 8.78 Å². The molecule has 10 atom stereocenters. The van der Waals surface area contributed by atoms with Crippen LogP contribution in [0.4, 0.5) is 20.7 Å². The smallest absolute Gasteiger partial charge is 0.406 e. The standard InChI is InChI=1S/C31H44F2N12O9P2/c1-5-48-25-20-24(42-29(35)43-25)45(15-37-20)27-31(4,33)22-18(52-27)13-50-56(47,54-22)39-11-9-7-6-8-10-38-55(46)49-12-17-21(53-55)30(3,32)26(51-17)44-14-36-19-16(2)40-28(34)41-23(19)44/h14-15,17-18,21-22,26-27H,5-13H2,1-4H3,(H6,34,35,38,39,40,41,42,43,46,47)/p+1/t17-,18-,21-,22-,26-,27-,30-,31-,55?,56?/m1/s1. The molecule has 8 heterocycles. The van der Waals surface area contributed by atoms with E-state index in [9.17, 15) is 9.13 Å². The summed E-state index contributed by atoms with van der Waals surface area (Å²) in [7, 11) is -7.74. The van der Waals surface area contributed by atoms with Gasteiger partial charge in [0.2, 0.25) is 18.1 Å². The number of nitrogens with zero attached hydrogens (tertiary/aromatic N) is 7. The molecule has 4 saturated heterocycles. The van der Waals surface area contributed by atoms with Crippen molar-refractivity contribution in [3.05, 3.63) is 18.3 Å². The summed E-state index contributed by atoms with van der Waals surface area (Å²) >= 11 is 0. The molecule has 8 rings (SSSR count). The minimum absolute atomic E-state index is 0.0336. The number of rotatable bonds is 13. The quantitative estimate of drug-likeness (QED) is 0.0737. The SMILES string of the molecule is CCOc1nc(N)nc2c1ncn2[C@@H]1O[C@@H]2COP(=O)(NCCCCCCNP3(=O)OC[C@H]4O[C@@H]([n+]5c[nH]c6c(C)nc(N)nc65)[C@](C)(F)[C@@H]4O3)O[C@H]2[C@@]1(C)F. The van der Waals surface area contributed by atoms with Crippen molar-refractivity contribution < 1.29 is 54.8 Å². The molecule has 4 fully saturated rings. The molecule has 4 aliphatic heterocycles. The van der Waals surface area contributed by atoms with Crippen LogP contribution in [0.3, 0.4) is 0 Å². The zero-order valence-corrected chi connectivity index (χ0v) is 32.9. The molecule has 21 nitrogen and oxygen atoms in total.